The minimum absolute atomic E-state index is 0.145. The van der Waals surface area contributed by atoms with E-state index in [0.29, 0.717) is 22.3 Å². The van der Waals surface area contributed by atoms with Crippen LogP contribution in [-0.4, -0.2) is 35.2 Å². The van der Waals surface area contributed by atoms with Gasteiger partial charge in [0, 0.05) is 47.1 Å². The first-order chi connectivity index (χ1) is 20.6. The smallest absolute Gasteiger partial charge is 0.170 e. The first kappa shape index (κ1) is 32.1. The number of aliphatic hydroxyl groups is 1. The van der Waals surface area contributed by atoms with Crippen molar-refractivity contribution in [3.05, 3.63) is 137 Å². The van der Waals surface area contributed by atoms with E-state index in [2.05, 4.69) is 63.7 Å². The lowest BCUT2D eigenvalue weighted by Crippen LogP contribution is -2.47. The number of ketones is 3. The largest absolute Gasteiger partial charge is 0.382 e. The average molecular weight is 834 g/mol. The number of carbonyl (C=O) groups excluding carboxylic acids is 3. The van der Waals surface area contributed by atoms with Gasteiger partial charge >= 0.3 is 0 Å². The Balaban J connectivity index is 1.79. The van der Waals surface area contributed by atoms with Gasteiger partial charge in [-0.25, -0.2) is 0 Å². The Kier molecular flexibility index (Phi) is 10.0. The predicted octanol–water partition coefficient (Wildman–Crippen LogP) is 8.84. The Morgan fingerprint density at radius 3 is 1.35 bits per heavy atom. The van der Waals surface area contributed by atoms with Crippen molar-refractivity contribution in [1.29, 1.82) is 0 Å². The second-order valence-electron chi connectivity index (χ2n) is 10.4. The molecule has 1 aliphatic rings. The fourth-order valence-corrected chi connectivity index (χ4v) is 7.03. The Morgan fingerprint density at radius 2 is 0.953 bits per heavy atom. The molecule has 4 aromatic rings. The Labute approximate surface area is 283 Å². The fraction of sp³-hybridized carbons (Fsp3) is 0.206. The average Bonchev–Trinajstić information content (AvgIpc) is 3.26. The van der Waals surface area contributed by atoms with E-state index in [4.69, 9.17) is 4.74 Å². The van der Waals surface area contributed by atoms with Gasteiger partial charge in [-0.1, -0.05) is 112 Å². The first-order valence-corrected chi connectivity index (χ1v) is 16.7. The second-order valence-corrected chi connectivity index (χ2v) is 14.0. The summed E-state index contributed by atoms with van der Waals surface area (Å²) in [6, 6.07) is 27.3. The van der Waals surface area contributed by atoms with Crippen molar-refractivity contribution in [2.75, 3.05) is 6.61 Å². The highest BCUT2D eigenvalue weighted by Crippen LogP contribution is 2.55. The number of hydrogen-bond donors (Lipinski definition) is 1. The van der Waals surface area contributed by atoms with Gasteiger partial charge in [0.1, 0.15) is 11.7 Å². The molecule has 1 N–H and O–H groups in total. The third-order valence-electron chi connectivity index (χ3n) is 7.91. The molecular formula is C34H26Br4O5. The van der Waals surface area contributed by atoms with Crippen LogP contribution in [0.4, 0.5) is 0 Å². The van der Waals surface area contributed by atoms with Gasteiger partial charge in [0.25, 0.3) is 0 Å². The standard InChI is InChI=1S/C34H26Br4O5/c1-2-43-33-28(31(40)20-5-13-24(36)14-6-20)27(30(39)19-3-11-23(35)12-4-19)29(32(41)21-7-15-25(37)16-8-21)34(33,42)22-9-17-26(38)18-10-22/h3-18,27-29,33,42H,2H2,1H3/t27-,28+,29-,33-,34+/m0/s1. The summed E-state index contributed by atoms with van der Waals surface area (Å²) in [4.78, 5) is 43.6. The molecule has 0 radical (unpaired) electrons. The van der Waals surface area contributed by atoms with Crippen molar-refractivity contribution in [2.45, 2.75) is 18.6 Å². The summed E-state index contributed by atoms with van der Waals surface area (Å²) in [5, 5.41) is 12.9. The summed E-state index contributed by atoms with van der Waals surface area (Å²) in [5.74, 6) is -5.01. The monoisotopic (exact) mass is 830 g/mol. The molecule has 0 aromatic heterocycles. The van der Waals surface area contributed by atoms with Crippen LogP contribution in [0.25, 0.3) is 0 Å². The van der Waals surface area contributed by atoms with E-state index >= 15 is 0 Å². The van der Waals surface area contributed by atoms with Gasteiger partial charge in [0.2, 0.25) is 0 Å². The lowest BCUT2D eigenvalue weighted by atomic mass is 9.73. The van der Waals surface area contributed by atoms with Crippen molar-refractivity contribution >= 4 is 81.1 Å². The topological polar surface area (TPSA) is 80.7 Å². The molecule has 1 fully saturated rings. The quantitative estimate of drug-likeness (QED) is 0.171. The van der Waals surface area contributed by atoms with Gasteiger partial charge in [-0.3, -0.25) is 14.4 Å². The molecule has 4 aromatic carbocycles. The summed E-state index contributed by atoms with van der Waals surface area (Å²) >= 11 is 13.7. The van der Waals surface area contributed by atoms with E-state index in [1.807, 2.05) is 0 Å². The van der Waals surface area contributed by atoms with E-state index in [1.54, 1.807) is 104 Å². The minimum Gasteiger partial charge on any atom is -0.382 e. The summed E-state index contributed by atoms with van der Waals surface area (Å²) in [6.07, 6.45) is -1.20. The maximum atomic E-state index is 14.6. The van der Waals surface area contributed by atoms with Gasteiger partial charge in [-0.15, -0.1) is 0 Å². The molecule has 5 nitrogen and oxygen atoms in total. The summed E-state index contributed by atoms with van der Waals surface area (Å²) in [7, 11) is 0. The number of rotatable bonds is 9. The molecule has 0 amide bonds. The van der Waals surface area contributed by atoms with E-state index in [1.165, 1.54) is 0 Å². The number of Topliss-reactive ketones (excluding diaryl/α,β-unsaturated/α-hetero) is 3. The van der Waals surface area contributed by atoms with Crippen LogP contribution in [0.15, 0.2) is 115 Å². The normalized spacial score (nSPS) is 23.2. The minimum atomic E-state index is -2.02. The molecule has 220 valence electrons. The van der Waals surface area contributed by atoms with Crippen molar-refractivity contribution in [2.24, 2.45) is 17.8 Å². The Hall–Kier alpha value is -2.27. The number of halogens is 4. The highest BCUT2D eigenvalue weighted by molar-refractivity contribution is 9.11. The van der Waals surface area contributed by atoms with Crippen LogP contribution < -0.4 is 0 Å². The van der Waals surface area contributed by atoms with Gasteiger partial charge < -0.3 is 9.84 Å². The lowest BCUT2D eigenvalue weighted by Gasteiger charge is -2.36. The summed E-state index contributed by atoms with van der Waals surface area (Å²) < 4.78 is 9.35. The molecule has 0 spiro atoms. The molecule has 1 aliphatic carbocycles. The molecule has 1 saturated carbocycles. The lowest BCUT2D eigenvalue weighted by molar-refractivity contribution is -0.115. The first-order valence-electron chi connectivity index (χ1n) is 13.6. The van der Waals surface area contributed by atoms with Gasteiger partial charge in [-0.2, -0.15) is 0 Å². The van der Waals surface area contributed by atoms with E-state index in [0.717, 1.165) is 17.9 Å². The van der Waals surface area contributed by atoms with Crippen LogP contribution in [0.1, 0.15) is 43.6 Å². The molecule has 0 saturated heterocycles. The van der Waals surface area contributed by atoms with Crippen LogP contribution >= 0.6 is 63.7 Å². The summed E-state index contributed by atoms with van der Waals surface area (Å²) in [5.41, 5.74) is -0.660. The Bertz CT molecular complexity index is 1640. The molecule has 0 unspecified atom stereocenters. The molecule has 5 atom stereocenters. The number of carbonyl (C=O) groups is 3. The second kappa shape index (κ2) is 13.4. The number of ether oxygens (including phenoxy) is 1. The fourth-order valence-electron chi connectivity index (χ4n) is 5.98. The Morgan fingerprint density at radius 1 is 0.605 bits per heavy atom. The van der Waals surface area contributed by atoms with Crippen molar-refractivity contribution < 1.29 is 24.2 Å². The molecule has 9 heteroatoms. The predicted molar refractivity (Wildman–Crippen MR) is 179 cm³/mol. The highest BCUT2D eigenvalue weighted by atomic mass is 79.9. The number of hydrogen-bond acceptors (Lipinski definition) is 5. The third kappa shape index (κ3) is 6.30. The van der Waals surface area contributed by atoms with Crippen molar-refractivity contribution in [1.82, 2.24) is 0 Å². The van der Waals surface area contributed by atoms with Crippen LogP contribution in [0.2, 0.25) is 0 Å². The zero-order chi connectivity index (χ0) is 30.9. The van der Waals surface area contributed by atoms with Crippen LogP contribution in [0.3, 0.4) is 0 Å². The SMILES string of the molecule is CCO[C@H]1[C@@H](C(=O)c2ccc(Br)cc2)[C@H](C(=O)c2ccc(Br)cc2)[C@@H](C(=O)c2ccc(Br)cc2)[C@]1(O)c1ccc(Br)cc1. The molecular weight excluding hydrogens is 808 g/mol. The zero-order valence-electron chi connectivity index (χ0n) is 22.8. The van der Waals surface area contributed by atoms with Crippen molar-refractivity contribution in [3.8, 4) is 0 Å². The van der Waals surface area contributed by atoms with E-state index < -0.39 is 41.0 Å². The molecule has 0 aliphatic heterocycles. The maximum absolute atomic E-state index is 14.6. The van der Waals surface area contributed by atoms with Gasteiger partial charge in [0.15, 0.2) is 17.3 Å². The highest BCUT2D eigenvalue weighted by Gasteiger charge is 2.67. The maximum Gasteiger partial charge on any atom is 0.170 e. The molecule has 5 rings (SSSR count). The van der Waals surface area contributed by atoms with Gasteiger partial charge in [-0.05, 0) is 61.0 Å². The third-order valence-corrected chi connectivity index (χ3v) is 10.0. The van der Waals surface area contributed by atoms with Gasteiger partial charge in [0.05, 0.1) is 11.8 Å². The van der Waals surface area contributed by atoms with Crippen molar-refractivity contribution in [3.63, 3.8) is 0 Å². The molecule has 43 heavy (non-hydrogen) atoms. The number of benzene rings is 4. The van der Waals surface area contributed by atoms with E-state index in [-0.39, 0.29) is 12.4 Å². The van der Waals surface area contributed by atoms with Crippen LogP contribution in [-0.2, 0) is 10.3 Å². The molecule has 0 bridgehead atoms. The summed E-state index contributed by atoms with van der Waals surface area (Å²) in [6.45, 7) is 1.91. The van der Waals surface area contributed by atoms with Crippen LogP contribution in [0, 0.1) is 17.8 Å². The zero-order valence-corrected chi connectivity index (χ0v) is 29.2. The van der Waals surface area contributed by atoms with E-state index in [9.17, 15) is 19.5 Å². The molecule has 0 heterocycles. The van der Waals surface area contributed by atoms with Crippen LogP contribution in [0.5, 0.6) is 0 Å².